The minimum Gasteiger partial charge on any atom is -0.505 e. The molecule has 0 aliphatic carbocycles. The minimum atomic E-state index is -2.10. The van der Waals surface area contributed by atoms with E-state index in [1.165, 1.54) is 45.0 Å². The lowest BCUT2D eigenvalue weighted by Crippen LogP contribution is -2.50. The number of fused-ring (bicyclic) bond motifs is 6. The molecular formula is C97H136F2N2O4Si4. The van der Waals surface area contributed by atoms with Gasteiger partial charge in [-0.1, -0.05) is 275 Å². The van der Waals surface area contributed by atoms with Gasteiger partial charge in [0.15, 0.2) is 0 Å². The summed E-state index contributed by atoms with van der Waals surface area (Å²) in [5, 5.41) is 37.4. The molecule has 0 saturated carbocycles. The van der Waals surface area contributed by atoms with Gasteiger partial charge in [0, 0.05) is 50.2 Å². The van der Waals surface area contributed by atoms with Crippen molar-refractivity contribution < 1.29 is 28.5 Å². The first-order chi connectivity index (χ1) is 50.4. The molecule has 2 aromatic heterocycles. The standard InChI is InChI=1S/C97H136F2N2O4Si4/c1-58(2)106(29,59(3)4)72-34-38-76-77-39-35-73(107(30,60(5)6)61(7)8)53-85(77)100(84(76)52-72)88-48-68(96(25,26)56-94(19,20)21)46-80(90(88)102)82-50-70(98)44-66(17)92(82)104-42-33-43-105-93-67(18)45-71(99)51-83(93)81-47-69(97(27,28)57-95(22,23)24)49-89(91(81)103)101-86-54-74(108(31,62(9)10)63(11)12)36-40-78(86)79-41-37-75(55-87(79)101)109(32,64(13)14)65(15)16/h34-41,44-55,58-65,102-103H,33,42-43,56-57H2,1-32H3. The Morgan fingerprint density at radius 1 is 0.349 bits per heavy atom. The summed E-state index contributed by atoms with van der Waals surface area (Å²) in [5.74, 6) is 0.194. The second-order valence-corrected chi connectivity index (χ2v) is 62.1. The number of aromatic nitrogens is 2. The predicted octanol–water partition coefficient (Wildman–Crippen LogP) is 27.2. The maximum Gasteiger partial charge on any atom is 0.147 e. The van der Waals surface area contributed by atoms with Crippen LogP contribution in [0.1, 0.15) is 222 Å². The van der Waals surface area contributed by atoms with Crippen LogP contribution in [0.5, 0.6) is 23.0 Å². The van der Waals surface area contributed by atoms with Gasteiger partial charge in [-0.05, 0) is 188 Å². The van der Waals surface area contributed by atoms with E-state index < -0.39 is 54.8 Å². The van der Waals surface area contributed by atoms with E-state index in [2.05, 4.69) is 312 Å². The Morgan fingerprint density at radius 2 is 0.596 bits per heavy atom. The van der Waals surface area contributed by atoms with Gasteiger partial charge in [-0.15, -0.1) is 0 Å². The van der Waals surface area contributed by atoms with Gasteiger partial charge < -0.3 is 28.8 Å². The molecule has 0 amide bonds. The van der Waals surface area contributed by atoms with Crippen molar-refractivity contribution in [3.63, 3.8) is 0 Å². The lowest BCUT2D eigenvalue weighted by atomic mass is 9.71. The van der Waals surface area contributed by atoms with Crippen molar-refractivity contribution in [2.45, 2.75) is 294 Å². The Bertz CT molecular complexity index is 4540. The smallest absolute Gasteiger partial charge is 0.147 e. The zero-order chi connectivity index (χ0) is 81.0. The molecule has 10 aromatic rings. The van der Waals surface area contributed by atoms with Gasteiger partial charge >= 0.3 is 0 Å². The number of hydrogen-bond donors (Lipinski definition) is 2. The highest BCUT2D eigenvalue weighted by Gasteiger charge is 2.43. The molecule has 0 atom stereocenters. The molecule has 0 fully saturated rings. The fraction of sp³-hybridized carbons (Fsp3) is 0.505. The number of benzene rings is 8. The third-order valence-corrected chi connectivity index (χ3v) is 53.0. The summed E-state index contributed by atoms with van der Waals surface area (Å²) in [5.41, 5.74) is 13.6. The van der Waals surface area contributed by atoms with Crippen molar-refractivity contribution >= 4 is 96.7 Å². The molecule has 8 aromatic carbocycles. The maximum absolute atomic E-state index is 16.7. The van der Waals surface area contributed by atoms with E-state index in [4.69, 9.17) is 9.47 Å². The van der Waals surface area contributed by atoms with Crippen LogP contribution in [0.15, 0.2) is 121 Å². The Kier molecular flexibility index (Phi) is 23.8. The number of aryl methyl sites for hydroxylation is 2. The molecule has 2 N–H and O–H groups in total. The fourth-order valence-corrected chi connectivity index (χ4v) is 33.7. The molecule has 109 heavy (non-hydrogen) atoms. The monoisotopic (exact) mass is 1540 g/mol. The Morgan fingerprint density at radius 3 is 0.826 bits per heavy atom. The number of ether oxygens (including phenoxy) is 2. The SMILES string of the molecule is Cc1cc(F)cc(-c2cc(C(C)(C)CC(C)(C)C)cc(-n3c4cc([Si](C)(C(C)C)C(C)C)ccc4c4ccc([Si](C)(C(C)C)C(C)C)cc43)c2O)c1OCCCOc1c(C)cc(F)cc1-c1cc(C(C)(C)CC(C)(C)C)cc(-n2c3cc([Si](C)(C(C)C)C(C)C)ccc3c3ccc([Si](C)(C(C)C)C(C)C)cc32)c1O. The minimum absolute atomic E-state index is 0.0524. The van der Waals surface area contributed by atoms with Crippen LogP contribution in [-0.2, 0) is 10.8 Å². The predicted molar refractivity (Wildman–Crippen MR) is 481 cm³/mol. The molecular weight excluding hydrogens is 1410 g/mol. The molecule has 0 aliphatic heterocycles. The van der Waals surface area contributed by atoms with E-state index in [0.29, 0.717) is 107 Å². The van der Waals surface area contributed by atoms with Crippen molar-refractivity contribution in [1.82, 2.24) is 9.13 Å². The first-order valence-corrected chi connectivity index (χ1v) is 51.8. The highest BCUT2D eigenvalue weighted by atomic mass is 28.3. The first kappa shape index (κ1) is 84.7. The van der Waals surface area contributed by atoms with Crippen LogP contribution in [0.4, 0.5) is 8.78 Å². The molecule has 10 rings (SSSR count). The summed E-state index contributed by atoms with van der Waals surface area (Å²) in [6, 6.07) is 43.4. The molecule has 588 valence electrons. The number of aromatic hydroxyl groups is 2. The van der Waals surface area contributed by atoms with Crippen molar-refractivity contribution in [3.05, 3.63) is 155 Å². The van der Waals surface area contributed by atoms with E-state index in [1.807, 2.05) is 13.8 Å². The molecule has 6 nitrogen and oxygen atoms in total. The van der Waals surface area contributed by atoms with E-state index >= 15 is 8.78 Å². The molecule has 0 spiro atoms. The molecule has 2 heterocycles. The number of rotatable bonds is 26. The Hall–Kier alpha value is -6.71. The van der Waals surface area contributed by atoms with Gasteiger partial charge in [0.1, 0.15) is 34.6 Å². The van der Waals surface area contributed by atoms with Gasteiger partial charge in [0.2, 0.25) is 0 Å². The van der Waals surface area contributed by atoms with Gasteiger partial charge in [-0.25, -0.2) is 8.78 Å². The van der Waals surface area contributed by atoms with E-state index in [9.17, 15) is 10.2 Å². The number of hydrogen-bond acceptors (Lipinski definition) is 4. The number of nitrogens with zero attached hydrogens (tertiary/aromatic N) is 2. The number of phenolic OH excluding ortho intramolecular Hbond substituents is 2. The topological polar surface area (TPSA) is 68.8 Å². The fourth-order valence-electron chi connectivity index (χ4n) is 19.5. The number of halogens is 2. The van der Waals surface area contributed by atoms with Gasteiger partial charge in [0.05, 0.1) is 79.0 Å². The van der Waals surface area contributed by atoms with Crippen molar-refractivity contribution in [1.29, 1.82) is 0 Å². The second kappa shape index (κ2) is 30.7. The summed E-state index contributed by atoms with van der Waals surface area (Å²) in [7, 11) is -8.38. The van der Waals surface area contributed by atoms with E-state index in [-0.39, 0.29) is 35.5 Å². The summed E-state index contributed by atoms with van der Waals surface area (Å²) in [6.45, 7) is 75.2. The van der Waals surface area contributed by atoms with Crippen LogP contribution in [0.2, 0.25) is 70.5 Å². The van der Waals surface area contributed by atoms with Crippen LogP contribution in [0.3, 0.4) is 0 Å². The lowest BCUT2D eigenvalue weighted by Gasteiger charge is -2.36. The largest absolute Gasteiger partial charge is 0.505 e. The summed E-state index contributed by atoms with van der Waals surface area (Å²) in [4.78, 5) is 0. The van der Waals surface area contributed by atoms with Crippen molar-refractivity contribution in [2.75, 3.05) is 13.2 Å². The van der Waals surface area contributed by atoms with E-state index in [0.717, 1.165) is 67.6 Å². The third kappa shape index (κ3) is 15.6. The van der Waals surface area contributed by atoms with Crippen LogP contribution < -0.4 is 30.2 Å². The average Bonchev–Trinajstić information content (AvgIpc) is 1.58. The van der Waals surface area contributed by atoms with Crippen LogP contribution in [0, 0.1) is 36.3 Å². The van der Waals surface area contributed by atoms with Crippen LogP contribution in [0.25, 0.3) is 77.2 Å². The van der Waals surface area contributed by atoms with Gasteiger partial charge in [0.25, 0.3) is 0 Å². The zero-order valence-electron chi connectivity index (χ0n) is 73.1. The summed E-state index contributed by atoms with van der Waals surface area (Å²) < 4.78 is 52.1. The first-order valence-electron chi connectivity index (χ1n) is 41.2. The van der Waals surface area contributed by atoms with Gasteiger partial charge in [-0.3, -0.25) is 0 Å². The Balaban J connectivity index is 1.12. The second-order valence-electron chi connectivity index (χ2n) is 40.2. The summed E-state index contributed by atoms with van der Waals surface area (Å²) in [6.07, 6.45) is 2.07. The maximum atomic E-state index is 16.7. The highest BCUT2D eigenvalue weighted by molar-refractivity contribution is 6.94. The average molecular weight is 1540 g/mol. The highest BCUT2D eigenvalue weighted by Crippen LogP contribution is 2.52. The molecule has 0 radical (unpaired) electrons. The lowest BCUT2D eigenvalue weighted by molar-refractivity contribution is 0.246. The molecule has 0 aliphatic rings. The van der Waals surface area contributed by atoms with Crippen LogP contribution in [-0.4, -0.2) is 64.9 Å². The van der Waals surface area contributed by atoms with Crippen molar-refractivity contribution in [2.24, 2.45) is 10.8 Å². The summed E-state index contributed by atoms with van der Waals surface area (Å²) >= 11 is 0. The zero-order valence-corrected chi connectivity index (χ0v) is 77.1. The van der Waals surface area contributed by atoms with E-state index in [1.54, 1.807) is 0 Å². The van der Waals surface area contributed by atoms with Gasteiger partial charge in [-0.2, -0.15) is 0 Å². The third-order valence-electron chi connectivity index (χ3n) is 27.6. The quantitative estimate of drug-likeness (QED) is 0.0419. The Labute approximate surface area is 660 Å². The normalized spacial score (nSPS) is 13.6. The van der Waals surface area contributed by atoms with Crippen molar-refractivity contribution in [3.8, 4) is 56.6 Å². The molecule has 0 bridgehead atoms. The molecule has 0 unspecified atom stereocenters. The molecule has 0 saturated heterocycles. The van der Waals surface area contributed by atoms with Crippen LogP contribution >= 0.6 is 0 Å². The number of phenols is 2. The molecule has 12 heteroatoms.